The number of nitrogens with zero attached hydrogens (tertiary/aromatic N) is 12. The quantitative estimate of drug-likeness (QED) is 0.120. The average Bonchev–Trinajstić information content (AvgIpc) is 4.28. The zero-order valence-electron chi connectivity index (χ0n) is 37.3. The molecule has 6 aromatic heterocycles. The van der Waals surface area contributed by atoms with Gasteiger partial charge in [-0.15, -0.1) is 23.3 Å². The summed E-state index contributed by atoms with van der Waals surface area (Å²) in [6.07, 6.45) is 10.8. The summed E-state index contributed by atoms with van der Waals surface area (Å²) in [7, 11) is 3.94. The summed E-state index contributed by atoms with van der Waals surface area (Å²) in [6.45, 7) is 0. The van der Waals surface area contributed by atoms with Gasteiger partial charge in [-0.25, -0.2) is 0 Å². The zero-order valence-corrected chi connectivity index (χ0v) is 41.9. The molecule has 0 fully saturated rings. The largest absolute Gasteiger partial charge is 2.00 e. The molecule has 2 unspecified atom stereocenters. The first-order valence-electron chi connectivity index (χ1n) is 22.1. The molecule has 0 amide bonds. The van der Waals surface area contributed by atoms with E-state index in [1.54, 1.807) is 24.8 Å². The van der Waals surface area contributed by atoms with Gasteiger partial charge in [0.2, 0.25) is 0 Å². The third-order valence-electron chi connectivity index (χ3n) is 13.3. The third kappa shape index (κ3) is 6.46. The Hall–Kier alpha value is -7.96. The maximum absolute atomic E-state index is 4.90. The molecule has 336 valence electrons. The maximum Gasteiger partial charge on any atom is 2.00 e. The molecular formula is C56H36N12Pt2+4. The van der Waals surface area contributed by atoms with Gasteiger partial charge < -0.3 is 20.4 Å². The van der Waals surface area contributed by atoms with Crippen molar-refractivity contribution in [3.8, 4) is 22.3 Å². The molecule has 70 heavy (non-hydrogen) atoms. The Kier molecular flexibility index (Phi) is 11.2. The van der Waals surface area contributed by atoms with Gasteiger partial charge in [-0.05, 0) is 46.5 Å². The summed E-state index contributed by atoms with van der Waals surface area (Å²) in [6, 6.07) is 63.4. The summed E-state index contributed by atoms with van der Waals surface area (Å²) in [5, 5.41) is 17.5. The Morgan fingerprint density at radius 1 is 0.443 bits per heavy atom. The van der Waals surface area contributed by atoms with Crippen molar-refractivity contribution in [2.24, 2.45) is 0 Å². The molecule has 4 aliphatic rings. The Morgan fingerprint density at radius 3 is 1.30 bits per heavy atom. The molecule has 12 nitrogen and oxygen atoms in total. The van der Waals surface area contributed by atoms with Gasteiger partial charge in [0.25, 0.3) is 0 Å². The molecule has 2 atom stereocenters. The molecule has 0 N–H and O–H groups in total. The molecule has 14 rings (SSSR count). The van der Waals surface area contributed by atoms with Crippen LogP contribution in [0.5, 0.6) is 0 Å². The number of hydrogen-bond acceptors (Lipinski definition) is 6. The monoisotopic (exact) mass is 1270 g/mol. The molecular weight excluding hydrogens is 1230 g/mol. The van der Waals surface area contributed by atoms with Crippen LogP contribution >= 0.6 is 0 Å². The second-order valence-corrected chi connectivity index (χ2v) is 16.8. The number of fused-ring (bicyclic) bond motifs is 8. The van der Waals surface area contributed by atoms with Crippen LogP contribution in [-0.2, 0) is 53.0 Å². The molecule has 8 heterocycles. The molecule has 2 aliphatic heterocycles. The van der Waals surface area contributed by atoms with E-state index in [9.17, 15) is 0 Å². The van der Waals surface area contributed by atoms with E-state index in [0.29, 0.717) is 0 Å². The van der Waals surface area contributed by atoms with E-state index in [1.165, 1.54) is 0 Å². The number of pyridine rings is 4. The van der Waals surface area contributed by atoms with E-state index < -0.39 is 10.8 Å². The zero-order chi connectivity index (χ0) is 45.4. The molecule has 0 spiro atoms. The minimum absolute atomic E-state index is 0. The van der Waals surface area contributed by atoms with Crippen molar-refractivity contribution < 1.29 is 51.3 Å². The molecule has 14 heteroatoms. The molecule has 0 saturated heterocycles. The smallest absolute Gasteiger partial charge is 0.581 e. The summed E-state index contributed by atoms with van der Waals surface area (Å²) < 4.78 is 7.79. The number of benzene rings is 4. The minimum Gasteiger partial charge on any atom is -0.581 e. The second-order valence-electron chi connectivity index (χ2n) is 16.8. The number of rotatable bonds is 6. The van der Waals surface area contributed by atoms with Crippen molar-refractivity contribution in [2.45, 2.75) is 10.8 Å². The Balaban J connectivity index is 0.000000148. The van der Waals surface area contributed by atoms with Crippen LogP contribution in [0.25, 0.3) is 22.3 Å². The van der Waals surface area contributed by atoms with Crippen LogP contribution in [0.3, 0.4) is 0 Å². The Bertz CT molecular complexity index is 3490. The molecule has 10 aromatic rings. The van der Waals surface area contributed by atoms with Gasteiger partial charge in [0.15, 0.2) is 14.1 Å². The van der Waals surface area contributed by atoms with Gasteiger partial charge in [0, 0.05) is 59.4 Å². The first-order valence-corrected chi connectivity index (χ1v) is 22.1. The Labute approximate surface area is 431 Å². The molecule has 0 saturated carbocycles. The van der Waals surface area contributed by atoms with Crippen LogP contribution in [0.4, 0.5) is 34.4 Å². The summed E-state index contributed by atoms with van der Waals surface area (Å²) in [4.78, 5) is 19.0. The fourth-order valence-electron chi connectivity index (χ4n) is 10.5. The van der Waals surface area contributed by atoms with Crippen LogP contribution in [0.15, 0.2) is 183 Å². The van der Waals surface area contributed by atoms with Gasteiger partial charge in [0.05, 0.1) is 22.2 Å². The van der Waals surface area contributed by atoms with Crippen LogP contribution in [0, 0.1) is 12.1 Å². The van der Waals surface area contributed by atoms with E-state index in [0.717, 1.165) is 102 Å². The molecule has 0 bridgehead atoms. The first-order chi connectivity index (χ1) is 33.6. The van der Waals surface area contributed by atoms with Gasteiger partial charge in [0.1, 0.15) is 11.4 Å². The van der Waals surface area contributed by atoms with E-state index in [1.807, 2.05) is 118 Å². The predicted molar refractivity (Wildman–Crippen MR) is 256 cm³/mol. The SMILES string of the molecule is C[N+]1=C=[N+](c2[c-]c(C3(c4cc[n-]n4)c4ccccc4-c4cccnc43)ccc2)c2ncccc21.C[N+]1=C=[N+](c2[c-]c(C3(c4cc[n-]n4)c4ccccc4-c4cccnc43)ccc2)c2ncccc21.[Pt+2].[Pt+2]. The van der Waals surface area contributed by atoms with Crippen LogP contribution < -0.4 is 19.3 Å². The maximum atomic E-state index is 4.90. The average molecular weight is 1270 g/mol. The first kappa shape index (κ1) is 44.5. The summed E-state index contributed by atoms with van der Waals surface area (Å²) in [5.41, 5.74) is 14.4. The second kappa shape index (κ2) is 17.5. The summed E-state index contributed by atoms with van der Waals surface area (Å²) in [5.74, 6) is 1.65. The fourth-order valence-corrected chi connectivity index (χ4v) is 10.5. The van der Waals surface area contributed by atoms with Crippen molar-refractivity contribution in [3.63, 3.8) is 0 Å². The van der Waals surface area contributed by atoms with Gasteiger partial charge in [-0.1, -0.05) is 103 Å². The van der Waals surface area contributed by atoms with Gasteiger partial charge in [-0.2, -0.15) is 46.6 Å². The number of aromatic nitrogens is 8. The molecule has 4 aromatic carbocycles. The predicted octanol–water partition coefficient (Wildman–Crippen LogP) is 8.57. The Morgan fingerprint density at radius 2 is 0.857 bits per heavy atom. The van der Waals surface area contributed by atoms with Crippen molar-refractivity contribution in [2.75, 3.05) is 14.1 Å². The third-order valence-corrected chi connectivity index (χ3v) is 13.3. The normalized spacial score (nSPS) is 17.1. The standard InChI is InChI=1S/2C28H18N6.2Pt/c2*1-33-18-34(27-24(33)12-6-15-30-27)20-8-4-7-19(17-20)28(25-13-16-31-32-25)23-11-3-2-9-21(23)22-10-5-14-29-26(22)28;;/h2*2-16H,1H3;;/q;;2*+2. The van der Waals surface area contributed by atoms with Crippen molar-refractivity contribution >= 4 is 46.4 Å². The number of hydrogen-bond donors (Lipinski definition) is 0. The van der Waals surface area contributed by atoms with Gasteiger partial charge in [-0.3, -0.25) is 9.97 Å². The van der Waals surface area contributed by atoms with E-state index in [-0.39, 0.29) is 42.1 Å². The van der Waals surface area contributed by atoms with Crippen LogP contribution in [0.1, 0.15) is 45.0 Å². The van der Waals surface area contributed by atoms with E-state index in [4.69, 9.17) is 9.97 Å². The van der Waals surface area contributed by atoms with E-state index >= 15 is 0 Å². The van der Waals surface area contributed by atoms with Crippen LogP contribution in [0.2, 0.25) is 0 Å². The minimum atomic E-state index is -0.724. The van der Waals surface area contributed by atoms with Crippen molar-refractivity contribution in [1.82, 2.24) is 49.5 Å². The molecule has 0 radical (unpaired) electrons. The summed E-state index contributed by atoms with van der Waals surface area (Å²) >= 11 is 0. The van der Waals surface area contributed by atoms with Gasteiger partial charge >= 0.3 is 77.2 Å². The fraction of sp³-hybridized carbons (Fsp3) is 0.0714. The van der Waals surface area contributed by atoms with Crippen molar-refractivity contribution in [3.05, 3.63) is 240 Å². The topological polar surface area (TPSA) is 118 Å². The van der Waals surface area contributed by atoms with Crippen molar-refractivity contribution in [1.29, 1.82) is 0 Å². The van der Waals surface area contributed by atoms with E-state index in [2.05, 4.69) is 127 Å². The van der Waals surface area contributed by atoms with Crippen LogP contribution in [-0.4, -0.2) is 65.4 Å². The molecule has 2 aliphatic carbocycles.